The van der Waals surface area contributed by atoms with E-state index in [1.54, 1.807) is 6.07 Å². The van der Waals surface area contributed by atoms with Crippen molar-refractivity contribution in [1.29, 1.82) is 0 Å². The minimum Gasteiger partial charge on any atom is -0.508 e. The van der Waals surface area contributed by atoms with Gasteiger partial charge in [0.15, 0.2) is 0 Å². The first-order chi connectivity index (χ1) is 8.88. The van der Waals surface area contributed by atoms with Crippen LogP contribution in [0.4, 0.5) is 0 Å². The molecule has 3 atom stereocenters. The zero-order valence-electron chi connectivity index (χ0n) is 12.4. The summed E-state index contributed by atoms with van der Waals surface area (Å²) in [6.07, 6.45) is 4.65. The fraction of sp³-hybridized carbons (Fsp3) is 0.647. The second-order valence-electron chi connectivity index (χ2n) is 7.02. The van der Waals surface area contributed by atoms with Crippen LogP contribution in [0.1, 0.15) is 45.6 Å². The molecule has 106 valence electrons. The summed E-state index contributed by atoms with van der Waals surface area (Å²) < 4.78 is 0. The van der Waals surface area contributed by atoms with Gasteiger partial charge in [-0.2, -0.15) is 0 Å². The lowest BCUT2D eigenvalue weighted by Gasteiger charge is -2.43. The van der Waals surface area contributed by atoms with Gasteiger partial charge < -0.3 is 10.8 Å². The van der Waals surface area contributed by atoms with E-state index in [1.165, 1.54) is 18.4 Å². The van der Waals surface area contributed by atoms with Crippen LogP contribution >= 0.6 is 0 Å². The maximum atomic E-state index is 9.58. The first kappa shape index (κ1) is 14.4. The molecule has 0 aliphatic heterocycles. The Labute approximate surface area is 117 Å². The topological polar surface area (TPSA) is 46.2 Å². The van der Waals surface area contributed by atoms with Gasteiger partial charge in [0.2, 0.25) is 0 Å². The molecule has 0 heterocycles. The molecule has 0 spiro atoms. The van der Waals surface area contributed by atoms with E-state index in [1.807, 2.05) is 12.1 Å². The Hall–Kier alpha value is -1.02. The molecular weight excluding hydrogens is 234 g/mol. The van der Waals surface area contributed by atoms with E-state index in [9.17, 15) is 5.11 Å². The number of hydrogen-bond donors (Lipinski definition) is 2. The van der Waals surface area contributed by atoms with Crippen LogP contribution in [0, 0.1) is 17.3 Å². The Morgan fingerprint density at radius 1 is 1.32 bits per heavy atom. The van der Waals surface area contributed by atoms with Gasteiger partial charge in [-0.15, -0.1) is 0 Å². The van der Waals surface area contributed by atoms with Gasteiger partial charge in [-0.3, -0.25) is 0 Å². The maximum absolute atomic E-state index is 9.58. The molecule has 3 unspecified atom stereocenters. The fourth-order valence-corrected chi connectivity index (χ4v) is 3.72. The largest absolute Gasteiger partial charge is 0.508 e. The summed E-state index contributed by atoms with van der Waals surface area (Å²) in [6, 6.07) is 7.93. The minimum atomic E-state index is 0.188. The summed E-state index contributed by atoms with van der Waals surface area (Å²) in [6.45, 7) is 6.94. The average molecular weight is 261 g/mol. The lowest BCUT2D eigenvalue weighted by molar-refractivity contribution is 0.113. The van der Waals surface area contributed by atoms with Crippen molar-refractivity contribution >= 4 is 0 Å². The number of aromatic hydroxyl groups is 1. The van der Waals surface area contributed by atoms with Gasteiger partial charge in [0, 0.05) is 6.04 Å². The van der Waals surface area contributed by atoms with Crippen LogP contribution in [0.5, 0.6) is 5.75 Å². The van der Waals surface area contributed by atoms with E-state index in [0.717, 1.165) is 18.8 Å². The van der Waals surface area contributed by atoms with Crippen molar-refractivity contribution in [2.45, 2.75) is 52.5 Å². The smallest absolute Gasteiger partial charge is 0.115 e. The highest BCUT2D eigenvalue weighted by atomic mass is 16.3. The zero-order valence-corrected chi connectivity index (χ0v) is 12.4. The molecule has 1 aliphatic carbocycles. The fourth-order valence-electron chi connectivity index (χ4n) is 3.72. The molecule has 1 aliphatic rings. The van der Waals surface area contributed by atoms with Crippen molar-refractivity contribution in [2.24, 2.45) is 23.0 Å². The number of phenolic OH excluding ortho intramolecular Hbond substituents is 1. The van der Waals surface area contributed by atoms with Crippen LogP contribution < -0.4 is 5.73 Å². The van der Waals surface area contributed by atoms with Crippen molar-refractivity contribution in [3.05, 3.63) is 29.8 Å². The Bertz CT molecular complexity index is 427. The normalized spacial score (nSPS) is 28.3. The number of phenols is 1. The van der Waals surface area contributed by atoms with E-state index in [2.05, 4.69) is 26.8 Å². The Morgan fingerprint density at radius 2 is 2.05 bits per heavy atom. The summed E-state index contributed by atoms with van der Waals surface area (Å²) in [5, 5.41) is 9.58. The van der Waals surface area contributed by atoms with Crippen LogP contribution in [-0.4, -0.2) is 11.1 Å². The van der Waals surface area contributed by atoms with Crippen LogP contribution in [0.15, 0.2) is 24.3 Å². The van der Waals surface area contributed by atoms with Crippen molar-refractivity contribution in [3.8, 4) is 5.75 Å². The quantitative estimate of drug-likeness (QED) is 0.871. The molecule has 2 heteroatoms. The van der Waals surface area contributed by atoms with Crippen molar-refractivity contribution in [3.63, 3.8) is 0 Å². The third kappa shape index (κ3) is 3.50. The van der Waals surface area contributed by atoms with E-state index >= 15 is 0 Å². The van der Waals surface area contributed by atoms with Crippen LogP contribution in [0.2, 0.25) is 0 Å². The molecular formula is C17H27NO. The zero-order chi connectivity index (χ0) is 14.0. The second kappa shape index (κ2) is 5.54. The molecule has 0 bridgehead atoms. The molecule has 0 amide bonds. The van der Waals surface area contributed by atoms with Gasteiger partial charge in [-0.25, -0.2) is 0 Å². The predicted molar refractivity (Wildman–Crippen MR) is 80.1 cm³/mol. The predicted octanol–water partition coefficient (Wildman–Crippen LogP) is 3.72. The van der Waals surface area contributed by atoms with E-state index in [4.69, 9.17) is 5.73 Å². The first-order valence-electron chi connectivity index (χ1n) is 7.42. The molecule has 3 N–H and O–H groups in total. The van der Waals surface area contributed by atoms with E-state index in [0.29, 0.717) is 17.7 Å². The van der Waals surface area contributed by atoms with Gasteiger partial charge >= 0.3 is 0 Å². The molecule has 1 aromatic rings. The van der Waals surface area contributed by atoms with E-state index < -0.39 is 0 Å². The van der Waals surface area contributed by atoms with Crippen LogP contribution in [0.3, 0.4) is 0 Å². The molecule has 19 heavy (non-hydrogen) atoms. The summed E-state index contributed by atoms with van der Waals surface area (Å²) >= 11 is 0. The molecule has 0 saturated heterocycles. The Kier molecular flexibility index (Phi) is 4.19. The summed E-state index contributed by atoms with van der Waals surface area (Å²) in [4.78, 5) is 0. The van der Waals surface area contributed by atoms with Gasteiger partial charge in [-0.05, 0) is 54.2 Å². The number of hydrogen-bond acceptors (Lipinski definition) is 2. The summed E-state index contributed by atoms with van der Waals surface area (Å²) in [5.41, 5.74) is 7.78. The van der Waals surface area contributed by atoms with Crippen LogP contribution in [-0.2, 0) is 6.42 Å². The maximum Gasteiger partial charge on any atom is 0.115 e. The van der Waals surface area contributed by atoms with Crippen molar-refractivity contribution in [1.82, 2.24) is 0 Å². The van der Waals surface area contributed by atoms with Gasteiger partial charge in [-0.1, -0.05) is 39.3 Å². The second-order valence-corrected chi connectivity index (χ2v) is 7.02. The third-order valence-electron chi connectivity index (χ3n) is 4.74. The molecule has 1 saturated carbocycles. The molecule has 0 radical (unpaired) electrons. The standard InChI is InChI=1S/C17H27NO/c1-12-7-8-15(16(18)9-12)17(2,3)11-13-5-4-6-14(19)10-13/h4-6,10,12,15-16,19H,7-9,11,18H2,1-3H3. The first-order valence-corrected chi connectivity index (χ1v) is 7.42. The molecule has 1 fully saturated rings. The number of rotatable bonds is 3. The highest BCUT2D eigenvalue weighted by molar-refractivity contribution is 5.28. The third-order valence-corrected chi connectivity index (χ3v) is 4.74. The highest BCUT2D eigenvalue weighted by Crippen LogP contribution is 2.41. The number of benzene rings is 1. The van der Waals surface area contributed by atoms with Gasteiger partial charge in [0.25, 0.3) is 0 Å². The number of nitrogens with two attached hydrogens (primary N) is 1. The lowest BCUT2D eigenvalue weighted by Crippen LogP contribution is -2.44. The van der Waals surface area contributed by atoms with Crippen molar-refractivity contribution < 1.29 is 5.11 Å². The van der Waals surface area contributed by atoms with E-state index in [-0.39, 0.29) is 5.41 Å². The Balaban J connectivity index is 2.09. The van der Waals surface area contributed by atoms with Gasteiger partial charge in [0.05, 0.1) is 0 Å². The monoisotopic (exact) mass is 261 g/mol. The molecule has 2 nitrogen and oxygen atoms in total. The molecule has 2 rings (SSSR count). The van der Waals surface area contributed by atoms with Crippen LogP contribution in [0.25, 0.3) is 0 Å². The average Bonchev–Trinajstić information content (AvgIpc) is 2.27. The molecule has 0 aromatic heterocycles. The van der Waals surface area contributed by atoms with Gasteiger partial charge in [0.1, 0.15) is 5.75 Å². The summed E-state index contributed by atoms with van der Waals surface area (Å²) in [5.74, 6) is 1.70. The minimum absolute atomic E-state index is 0.188. The van der Waals surface area contributed by atoms with Crippen molar-refractivity contribution in [2.75, 3.05) is 0 Å². The highest BCUT2D eigenvalue weighted by Gasteiger charge is 2.37. The Morgan fingerprint density at radius 3 is 2.68 bits per heavy atom. The molecule has 1 aromatic carbocycles. The summed E-state index contributed by atoms with van der Waals surface area (Å²) in [7, 11) is 0. The lowest BCUT2D eigenvalue weighted by atomic mass is 9.64. The SMILES string of the molecule is CC1CCC(C(C)(C)Cc2cccc(O)c2)C(N)C1.